The number of aryl methyl sites for hydroxylation is 2. The van der Waals surface area contributed by atoms with E-state index in [0.29, 0.717) is 23.5 Å². The molecule has 0 fully saturated rings. The van der Waals surface area contributed by atoms with Crippen LogP contribution < -0.4 is 16.5 Å². The van der Waals surface area contributed by atoms with Crippen LogP contribution in [0, 0.1) is 6.92 Å². The number of aromatic nitrogens is 3. The second kappa shape index (κ2) is 8.93. The van der Waals surface area contributed by atoms with Crippen molar-refractivity contribution in [1.29, 1.82) is 0 Å². The standard InChI is InChI=1S/C25H26BN5O3/c1-15-14-31-20(10-5-11-21(31)23(27)32)22(15)25-29-19-9-3-2-8-18(19)24(30-25)28-13-16-6-4-7-17(12-16)26(33)34/h4-7,10-12,14,33-34H,2-3,8-9,13H2,1H3,(H2,27,32)(H,28,29,30). The summed E-state index contributed by atoms with van der Waals surface area (Å²) < 4.78 is 1.80. The van der Waals surface area contributed by atoms with Crippen LogP contribution in [0.1, 0.15) is 45.7 Å². The summed E-state index contributed by atoms with van der Waals surface area (Å²) in [6.45, 7) is 2.47. The van der Waals surface area contributed by atoms with Crippen LogP contribution in [0.3, 0.4) is 0 Å². The molecule has 3 heterocycles. The molecule has 0 aliphatic heterocycles. The molecule has 1 aliphatic carbocycles. The molecule has 4 aromatic rings. The average molecular weight is 455 g/mol. The maximum Gasteiger partial charge on any atom is 0.488 e. The van der Waals surface area contributed by atoms with Crippen molar-refractivity contribution in [3.8, 4) is 11.4 Å². The van der Waals surface area contributed by atoms with Crippen LogP contribution in [0.5, 0.6) is 0 Å². The second-order valence-electron chi connectivity index (χ2n) is 8.72. The first-order chi connectivity index (χ1) is 16.4. The number of hydrogen-bond acceptors (Lipinski definition) is 6. The van der Waals surface area contributed by atoms with Gasteiger partial charge in [0.25, 0.3) is 5.91 Å². The normalized spacial score (nSPS) is 13.0. The maximum atomic E-state index is 11.9. The predicted molar refractivity (Wildman–Crippen MR) is 132 cm³/mol. The van der Waals surface area contributed by atoms with Crippen molar-refractivity contribution < 1.29 is 14.8 Å². The number of nitrogens with zero attached hydrogens (tertiary/aromatic N) is 3. The molecule has 5 N–H and O–H groups in total. The molecule has 1 aromatic carbocycles. The molecule has 0 saturated heterocycles. The Morgan fingerprint density at radius 1 is 1.15 bits per heavy atom. The van der Waals surface area contributed by atoms with E-state index in [4.69, 9.17) is 15.7 Å². The van der Waals surface area contributed by atoms with Gasteiger partial charge in [-0.05, 0) is 61.3 Å². The van der Waals surface area contributed by atoms with Crippen molar-refractivity contribution in [1.82, 2.24) is 14.4 Å². The van der Waals surface area contributed by atoms with Gasteiger partial charge < -0.3 is 25.5 Å². The van der Waals surface area contributed by atoms with Gasteiger partial charge in [-0.25, -0.2) is 9.97 Å². The molecule has 0 atom stereocenters. The van der Waals surface area contributed by atoms with Crippen LogP contribution in [-0.2, 0) is 19.4 Å². The van der Waals surface area contributed by atoms with E-state index in [0.717, 1.165) is 65.0 Å². The van der Waals surface area contributed by atoms with Crippen LogP contribution >= 0.6 is 0 Å². The Kier molecular flexibility index (Phi) is 5.81. The summed E-state index contributed by atoms with van der Waals surface area (Å²) in [7, 11) is -1.50. The summed E-state index contributed by atoms with van der Waals surface area (Å²) in [6, 6.07) is 12.7. The van der Waals surface area contributed by atoms with Gasteiger partial charge in [0.1, 0.15) is 11.5 Å². The monoisotopic (exact) mass is 455 g/mol. The van der Waals surface area contributed by atoms with Gasteiger partial charge in [-0.2, -0.15) is 0 Å². The molecule has 3 aromatic heterocycles. The number of carbonyl (C=O) groups excluding carboxylic acids is 1. The van der Waals surface area contributed by atoms with E-state index in [2.05, 4.69) is 5.32 Å². The molecule has 0 saturated carbocycles. The number of nitrogens with one attached hydrogen (secondary N) is 1. The minimum atomic E-state index is -1.50. The van der Waals surface area contributed by atoms with Gasteiger partial charge in [-0.15, -0.1) is 0 Å². The molecule has 8 nitrogen and oxygen atoms in total. The summed E-state index contributed by atoms with van der Waals surface area (Å²) in [4.78, 5) is 21.8. The van der Waals surface area contributed by atoms with Gasteiger partial charge in [-0.1, -0.05) is 30.3 Å². The number of anilines is 1. The van der Waals surface area contributed by atoms with Gasteiger partial charge in [0.2, 0.25) is 0 Å². The van der Waals surface area contributed by atoms with E-state index in [1.54, 1.807) is 28.7 Å². The van der Waals surface area contributed by atoms with Crippen LogP contribution in [0.15, 0.2) is 48.7 Å². The molecule has 9 heteroatoms. The summed E-state index contributed by atoms with van der Waals surface area (Å²) in [5.41, 5.74) is 12.2. The number of pyridine rings is 1. The number of hydrogen-bond donors (Lipinski definition) is 4. The Bertz CT molecular complexity index is 1400. The first-order valence-corrected chi connectivity index (χ1v) is 11.4. The van der Waals surface area contributed by atoms with E-state index in [1.807, 2.05) is 31.3 Å². The molecule has 1 amide bonds. The fourth-order valence-electron chi connectivity index (χ4n) is 4.72. The average Bonchev–Trinajstić information content (AvgIpc) is 3.18. The predicted octanol–water partition coefficient (Wildman–Crippen LogP) is 1.97. The summed E-state index contributed by atoms with van der Waals surface area (Å²) >= 11 is 0. The first-order valence-electron chi connectivity index (χ1n) is 11.4. The van der Waals surface area contributed by atoms with E-state index >= 15 is 0 Å². The minimum absolute atomic E-state index is 0.411. The van der Waals surface area contributed by atoms with Crippen LogP contribution in [0.2, 0.25) is 0 Å². The highest BCUT2D eigenvalue weighted by atomic mass is 16.4. The molecule has 5 rings (SSSR count). The molecule has 0 unspecified atom stereocenters. The van der Waals surface area contributed by atoms with Gasteiger partial charge in [0, 0.05) is 29.6 Å². The third-order valence-corrected chi connectivity index (χ3v) is 6.37. The highest BCUT2D eigenvalue weighted by Gasteiger charge is 2.22. The van der Waals surface area contributed by atoms with Crippen molar-refractivity contribution in [3.05, 3.63) is 76.7 Å². The quantitative estimate of drug-likeness (QED) is 0.330. The van der Waals surface area contributed by atoms with Crippen molar-refractivity contribution in [2.24, 2.45) is 5.73 Å². The third-order valence-electron chi connectivity index (χ3n) is 6.37. The lowest BCUT2D eigenvalue weighted by Gasteiger charge is -2.20. The van der Waals surface area contributed by atoms with Crippen molar-refractivity contribution in [2.45, 2.75) is 39.2 Å². The van der Waals surface area contributed by atoms with Crippen molar-refractivity contribution in [2.75, 3.05) is 5.32 Å². The number of rotatable bonds is 6. The van der Waals surface area contributed by atoms with Crippen molar-refractivity contribution in [3.63, 3.8) is 0 Å². The number of benzene rings is 1. The van der Waals surface area contributed by atoms with Crippen LogP contribution in [0.4, 0.5) is 5.82 Å². The first kappa shape index (κ1) is 22.1. The zero-order valence-electron chi connectivity index (χ0n) is 19.0. The summed E-state index contributed by atoms with van der Waals surface area (Å²) in [5.74, 6) is 0.917. The van der Waals surface area contributed by atoms with Crippen LogP contribution in [0.25, 0.3) is 16.9 Å². The molecule has 0 spiro atoms. The zero-order chi connectivity index (χ0) is 23.8. The number of nitrogens with two attached hydrogens (primary N) is 1. The Hall–Kier alpha value is -3.69. The van der Waals surface area contributed by atoms with Gasteiger partial charge in [0.05, 0.1) is 5.52 Å². The minimum Gasteiger partial charge on any atom is -0.423 e. The lowest BCUT2D eigenvalue weighted by atomic mass is 9.79. The Labute approximate surface area is 197 Å². The number of fused-ring (bicyclic) bond motifs is 2. The third kappa shape index (κ3) is 4.04. The molecule has 0 radical (unpaired) electrons. The van der Waals surface area contributed by atoms with E-state index in [9.17, 15) is 14.8 Å². The van der Waals surface area contributed by atoms with Crippen molar-refractivity contribution >= 4 is 29.8 Å². The number of carbonyl (C=O) groups is 1. The highest BCUT2D eigenvalue weighted by molar-refractivity contribution is 6.58. The Morgan fingerprint density at radius 2 is 1.94 bits per heavy atom. The SMILES string of the molecule is Cc1cn2c(C(N)=O)cccc2c1-c1nc2c(c(NCc3cccc(B(O)O)c3)n1)CCCC2. The topological polar surface area (TPSA) is 126 Å². The van der Waals surface area contributed by atoms with Gasteiger partial charge in [0.15, 0.2) is 5.82 Å². The number of primary amides is 1. The molecular formula is C25H26BN5O3. The molecule has 172 valence electrons. The van der Waals surface area contributed by atoms with Gasteiger partial charge >= 0.3 is 7.12 Å². The maximum absolute atomic E-state index is 11.9. The molecule has 1 aliphatic rings. The van der Waals surface area contributed by atoms with E-state index < -0.39 is 13.0 Å². The van der Waals surface area contributed by atoms with Gasteiger partial charge in [-0.3, -0.25) is 4.79 Å². The Morgan fingerprint density at radius 3 is 2.74 bits per heavy atom. The smallest absolute Gasteiger partial charge is 0.423 e. The summed E-state index contributed by atoms with van der Waals surface area (Å²) in [5, 5.41) is 22.4. The molecule has 34 heavy (non-hydrogen) atoms. The zero-order valence-corrected chi connectivity index (χ0v) is 19.0. The molecular weight excluding hydrogens is 429 g/mol. The fraction of sp³-hybridized carbons (Fsp3) is 0.240. The highest BCUT2D eigenvalue weighted by Crippen LogP contribution is 2.33. The van der Waals surface area contributed by atoms with E-state index in [-0.39, 0.29) is 0 Å². The second-order valence-corrected chi connectivity index (χ2v) is 8.72. The van der Waals surface area contributed by atoms with Crippen LogP contribution in [-0.4, -0.2) is 37.4 Å². The lowest BCUT2D eigenvalue weighted by molar-refractivity contribution is 0.0994. The number of amides is 1. The largest absolute Gasteiger partial charge is 0.488 e. The van der Waals surface area contributed by atoms with E-state index in [1.165, 1.54) is 0 Å². The summed E-state index contributed by atoms with van der Waals surface area (Å²) in [6.07, 6.45) is 5.87. The Balaban J connectivity index is 1.57. The fourth-order valence-corrected chi connectivity index (χ4v) is 4.72. The molecule has 0 bridgehead atoms. The lowest BCUT2D eigenvalue weighted by Crippen LogP contribution is -2.30.